The Kier molecular flexibility index (Phi) is 13.3. The predicted molar refractivity (Wildman–Crippen MR) is 124 cm³/mol. The highest BCUT2D eigenvalue weighted by Gasteiger charge is 2.10. The van der Waals surface area contributed by atoms with Crippen molar-refractivity contribution in [3.63, 3.8) is 0 Å². The highest BCUT2D eigenvalue weighted by molar-refractivity contribution is 14.0. The van der Waals surface area contributed by atoms with E-state index in [1.165, 1.54) is 38.9 Å². The Morgan fingerprint density at radius 2 is 1.96 bits per heavy atom. The molecule has 154 valence electrons. The highest BCUT2D eigenvalue weighted by atomic mass is 127. The molecule has 1 aromatic carbocycles. The van der Waals surface area contributed by atoms with Crippen molar-refractivity contribution in [2.24, 2.45) is 4.99 Å². The average molecular weight is 490 g/mol. The maximum Gasteiger partial charge on any atom is 0.195 e. The molecule has 0 spiro atoms. The second kappa shape index (κ2) is 14.9. The summed E-state index contributed by atoms with van der Waals surface area (Å²) in [6.07, 6.45) is 6.00. The van der Waals surface area contributed by atoms with Gasteiger partial charge in [-0.15, -0.1) is 24.0 Å². The van der Waals surface area contributed by atoms with E-state index in [0.717, 1.165) is 36.8 Å². The molecule has 6 nitrogen and oxygen atoms in total. The number of anilines is 1. The van der Waals surface area contributed by atoms with Crippen molar-refractivity contribution in [3.05, 3.63) is 24.3 Å². The molecule has 0 aromatic heterocycles. The summed E-state index contributed by atoms with van der Waals surface area (Å²) in [6, 6.07) is 7.96. The van der Waals surface area contributed by atoms with Crippen LogP contribution in [-0.2, 0) is 4.74 Å². The largest absolute Gasteiger partial charge is 0.493 e. The monoisotopic (exact) mass is 490 g/mol. The van der Waals surface area contributed by atoms with Gasteiger partial charge in [-0.3, -0.25) is 4.99 Å². The predicted octanol–water partition coefficient (Wildman–Crippen LogP) is 3.58. The number of guanidine groups is 1. The summed E-state index contributed by atoms with van der Waals surface area (Å²) in [5.41, 5.74) is 0.972. The third-order valence-corrected chi connectivity index (χ3v) is 4.47. The van der Waals surface area contributed by atoms with E-state index in [2.05, 4.69) is 20.5 Å². The van der Waals surface area contributed by atoms with Gasteiger partial charge in [0.2, 0.25) is 0 Å². The van der Waals surface area contributed by atoms with Gasteiger partial charge in [0, 0.05) is 45.5 Å². The number of ether oxygens (including phenoxy) is 2. The fourth-order valence-corrected chi connectivity index (χ4v) is 3.05. The number of hydrogen-bond acceptors (Lipinski definition) is 4. The number of rotatable bonds is 11. The van der Waals surface area contributed by atoms with Crippen molar-refractivity contribution in [3.8, 4) is 5.75 Å². The lowest BCUT2D eigenvalue weighted by atomic mass is 10.3. The van der Waals surface area contributed by atoms with Crippen molar-refractivity contribution in [2.75, 3.05) is 58.9 Å². The van der Waals surface area contributed by atoms with E-state index < -0.39 is 0 Å². The summed E-state index contributed by atoms with van der Waals surface area (Å²) in [6.45, 7) is 6.07. The first-order valence-electron chi connectivity index (χ1n) is 9.73. The van der Waals surface area contributed by atoms with Crippen molar-refractivity contribution in [1.82, 2.24) is 10.2 Å². The second-order valence-corrected chi connectivity index (χ2v) is 6.60. The van der Waals surface area contributed by atoms with Gasteiger partial charge in [0.1, 0.15) is 5.75 Å². The number of methoxy groups -OCH3 is 1. The van der Waals surface area contributed by atoms with Crippen LogP contribution in [0.25, 0.3) is 0 Å². The van der Waals surface area contributed by atoms with E-state index in [4.69, 9.17) is 9.47 Å². The van der Waals surface area contributed by atoms with Gasteiger partial charge in [-0.2, -0.15) is 0 Å². The number of nitrogens with zero attached hydrogens (tertiary/aromatic N) is 2. The zero-order valence-corrected chi connectivity index (χ0v) is 19.0. The molecule has 1 aromatic rings. The fourth-order valence-electron chi connectivity index (χ4n) is 3.05. The van der Waals surface area contributed by atoms with Gasteiger partial charge < -0.3 is 25.0 Å². The molecule has 27 heavy (non-hydrogen) atoms. The standard InChI is InChI=1S/C20H34N4O2.HI/c1-21-20(22-11-3-4-12-24-13-5-6-14-24)23-18-9-7-10-19(17-18)26-16-8-15-25-2;/h7,9-10,17H,3-6,8,11-16H2,1-2H3,(H2,21,22,23);1H. The highest BCUT2D eigenvalue weighted by Crippen LogP contribution is 2.17. The fraction of sp³-hybridized carbons (Fsp3) is 0.650. The Bertz CT molecular complexity index is 536. The lowest BCUT2D eigenvalue weighted by Crippen LogP contribution is -2.32. The van der Waals surface area contributed by atoms with E-state index in [9.17, 15) is 0 Å². The maximum atomic E-state index is 5.74. The van der Waals surface area contributed by atoms with Crippen LogP contribution in [0.4, 0.5) is 5.69 Å². The lowest BCUT2D eigenvalue weighted by molar-refractivity contribution is 0.172. The summed E-state index contributed by atoms with van der Waals surface area (Å²) in [5.74, 6) is 1.65. The van der Waals surface area contributed by atoms with Crippen molar-refractivity contribution >= 4 is 35.6 Å². The normalized spacial score (nSPS) is 14.7. The molecule has 1 fully saturated rings. The average Bonchev–Trinajstić information content (AvgIpc) is 3.18. The van der Waals surface area contributed by atoms with Gasteiger partial charge in [-0.25, -0.2) is 0 Å². The molecule has 0 amide bonds. The van der Waals surface area contributed by atoms with Crippen molar-refractivity contribution < 1.29 is 9.47 Å². The number of likely N-dealkylation sites (tertiary alicyclic amines) is 1. The Morgan fingerprint density at radius 3 is 2.70 bits per heavy atom. The van der Waals surface area contributed by atoms with Gasteiger partial charge in [-0.1, -0.05) is 6.07 Å². The van der Waals surface area contributed by atoms with Crippen LogP contribution in [0, 0.1) is 0 Å². The number of halogens is 1. The SMILES string of the molecule is CN=C(NCCCCN1CCCC1)Nc1cccc(OCCCOC)c1.I. The molecule has 7 heteroatoms. The molecule has 1 saturated heterocycles. The molecule has 2 N–H and O–H groups in total. The first-order valence-corrected chi connectivity index (χ1v) is 9.73. The number of hydrogen-bond donors (Lipinski definition) is 2. The van der Waals surface area contributed by atoms with Gasteiger partial charge in [-0.05, 0) is 57.5 Å². The van der Waals surface area contributed by atoms with Gasteiger partial charge in [0.05, 0.1) is 6.61 Å². The molecule has 2 rings (SSSR count). The Hall–Kier alpha value is -1.06. The summed E-state index contributed by atoms with van der Waals surface area (Å²) < 4.78 is 10.8. The lowest BCUT2D eigenvalue weighted by Gasteiger charge is -2.15. The first kappa shape index (κ1) is 24.0. The van der Waals surface area contributed by atoms with Crippen LogP contribution >= 0.6 is 24.0 Å². The number of nitrogens with one attached hydrogen (secondary N) is 2. The van der Waals surface area contributed by atoms with Crippen LogP contribution in [0.2, 0.25) is 0 Å². The Labute approximate surface area is 181 Å². The summed E-state index contributed by atoms with van der Waals surface area (Å²) in [7, 11) is 3.50. The molecule has 0 saturated carbocycles. The molecule has 0 aliphatic carbocycles. The molecule has 0 atom stereocenters. The summed E-state index contributed by atoms with van der Waals surface area (Å²) in [5, 5.41) is 6.71. The van der Waals surface area contributed by atoms with Crippen LogP contribution in [-0.4, -0.2) is 64.4 Å². The summed E-state index contributed by atoms with van der Waals surface area (Å²) >= 11 is 0. The van der Waals surface area contributed by atoms with Gasteiger partial charge in [0.25, 0.3) is 0 Å². The first-order chi connectivity index (χ1) is 12.8. The molecule has 1 heterocycles. The topological polar surface area (TPSA) is 58.1 Å². The Balaban J connectivity index is 0.00000364. The molecule has 0 radical (unpaired) electrons. The molecule has 0 bridgehead atoms. The van der Waals surface area contributed by atoms with Gasteiger partial charge >= 0.3 is 0 Å². The molecular formula is C20H35IN4O2. The van der Waals surface area contributed by atoms with E-state index in [-0.39, 0.29) is 24.0 Å². The van der Waals surface area contributed by atoms with Crippen LogP contribution in [0.15, 0.2) is 29.3 Å². The smallest absolute Gasteiger partial charge is 0.195 e. The molecule has 1 aliphatic heterocycles. The third-order valence-electron chi connectivity index (χ3n) is 4.47. The van der Waals surface area contributed by atoms with Crippen LogP contribution in [0.1, 0.15) is 32.1 Å². The van der Waals surface area contributed by atoms with Crippen LogP contribution in [0.5, 0.6) is 5.75 Å². The minimum absolute atomic E-state index is 0. The number of benzene rings is 1. The van der Waals surface area contributed by atoms with E-state index in [0.29, 0.717) is 13.2 Å². The van der Waals surface area contributed by atoms with E-state index in [1.54, 1.807) is 14.2 Å². The third kappa shape index (κ3) is 10.2. The van der Waals surface area contributed by atoms with E-state index in [1.807, 2.05) is 24.3 Å². The number of unbranched alkanes of at least 4 members (excludes halogenated alkanes) is 1. The zero-order valence-electron chi connectivity index (χ0n) is 16.7. The molecule has 1 aliphatic rings. The summed E-state index contributed by atoms with van der Waals surface area (Å²) in [4.78, 5) is 6.86. The minimum atomic E-state index is 0. The van der Waals surface area contributed by atoms with Gasteiger partial charge in [0.15, 0.2) is 5.96 Å². The van der Waals surface area contributed by atoms with Crippen LogP contribution < -0.4 is 15.4 Å². The Morgan fingerprint density at radius 1 is 1.15 bits per heavy atom. The van der Waals surface area contributed by atoms with Crippen molar-refractivity contribution in [1.29, 1.82) is 0 Å². The molecular weight excluding hydrogens is 455 g/mol. The quantitative estimate of drug-likeness (QED) is 0.215. The van der Waals surface area contributed by atoms with Crippen LogP contribution in [0.3, 0.4) is 0 Å². The maximum absolute atomic E-state index is 5.74. The zero-order chi connectivity index (χ0) is 18.5. The number of aliphatic imine (C=N–C) groups is 1. The van der Waals surface area contributed by atoms with Crippen molar-refractivity contribution in [2.45, 2.75) is 32.1 Å². The van der Waals surface area contributed by atoms with E-state index >= 15 is 0 Å². The minimum Gasteiger partial charge on any atom is -0.493 e. The second-order valence-electron chi connectivity index (χ2n) is 6.60. The molecule has 0 unspecified atom stereocenters.